The molecule has 1 heterocycles. The first-order chi connectivity index (χ1) is 9.65. The van der Waals surface area contributed by atoms with Gasteiger partial charge in [-0.15, -0.1) is 0 Å². The van der Waals surface area contributed by atoms with Crippen molar-refractivity contribution in [2.24, 2.45) is 5.41 Å². The van der Waals surface area contributed by atoms with Crippen LogP contribution in [0.3, 0.4) is 0 Å². The topological polar surface area (TPSA) is 63.5 Å². The van der Waals surface area contributed by atoms with Gasteiger partial charge < -0.3 is 19.8 Å². The van der Waals surface area contributed by atoms with Crippen LogP contribution in [-0.4, -0.2) is 32.2 Å². The third kappa shape index (κ3) is 4.35. The van der Waals surface area contributed by atoms with Crippen molar-refractivity contribution in [1.29, 1.82) is 0 Å². The number of carbonyl (C=O) groups excluding carboxylic acids is 1. The normalized spacial score (nSPS) is 17.7. The summed E-state index contributed by atoms with van der Waals surface area (Å²) in [5, 5.41) is 6.19. The van der Waals surface area contributed by atoms with E-state index in [1.807, 2.05) is 19.1 Å². The molecule has 1 aliphatic carbocycles. The molecule has 0 aliphatic heterocycles. The Balaban J connectivity index is 1.66. The van der Waals surface area contributed by atoms with Crippen LogP contribution in [0.25, 0.3) is 0 Å². The zero-order valence-electron chi connectivity index (χ0n) is 12.3. The summed E-state index contributed by atoms with van der Waals surface area (Å²) in [6.07, 6.45) is 5.13. The average Bonchev–Trinajstić information content (AvgIpc) is 3.03. The fraction of sp³-hybridized carbons (Fsp3) is 0.667. The van der Waals surface area contributed by atoms with Crippen molar-refractivity contribution in [3.8, 4) is 0 Å². The van der Waals surface area contributed by atoms with Crippen molar-refractivity contribution < 1.29 is 13.9 Å². The predicted octanol–water partition coefficient (Wildman–Crippen LogP) is 1.69. The standard InChI is InChI=1S/C15H24N2O3/c1-12(14(18)16-10-13-4-3-8-20-13)17-11-15(5-6-15)7-9-19-2/h3-4,8,12,17H,5-7,9-11H2,1-2H3,(H,16,18). The number of hydrogen-bond donors (Lipinski definition) is 2. The van der Waals surface area contributed by atoms with Crippen molar-refractivity contribution >= 4 is 5.91 Å². The quantitative estimate of drug-likeness (QED) is 0.722. The first kappa shape index (κ1) is 15.1. The summed E-state index contributed by atoms with van der Waals surface area (Å²) in [6.45, 7) is 4.00. The van der Waals surface area contributed by atoms with Crippen molar-refractivity contribution in [1.82, 2.24) is 10.6 Å². The molecule has 1 amide bonds. The van der Waals surface area contributed by atoms with Gasteiger partial charge in [0.1, 0.15) is 5.76 Å². The first-order valence-electron chi connectivity index (χ1n) is 7.18. The lowest BCUT2D eigenvalue weighted by Gasteiger charge is -2.19. The molecule has 2 N–H and O–H groups in total. The summed E-state index contributed by atoms with van der Waals surface area (Å²) in [5.74, 6) is 0.772. The van der Waals surface area contributed by atoms with Gasteiger partial charge in [-0.1, -0.05) is 0 Å². The van der Waals surface area contributed by atoms with Crippen LogP contribution in [0, 0.1) is 5.41 Å². The van der Waals surface area contributed by atoms with E-state index in [1.54, 1.807) is 13.4 Å². The summed E-state index contributed by atoms with van der Waals surface area (Å²) in [4.78, 5) is 11.9. The SMILES string of the molecule is COCCC1(CNC(C)C(=O)NCc2ccco2)CC1. The minimum absolute atomic E-state index is 0.00365. The highest BCUT2D eigenvalue weighted by Gasteiger charge is 2.41. The zero-order chi connectivity index (χ0) is 14.4. The number of ether oxygens (including phenoxy) is 1. The van der Waals surface area contributed by atoms with Crippen LogP contribution in [0.5, 0.6) is 0 Å². The second kappa shape index (κ2) is 6.90. The number of furan rings is 1. The van der Waals surface area contributed by atoms with Crippen LogP contribution in [0.4, 0.5) is 0 Å². The van der Waals surface area contributed by atoms with Gasteiger partial charge in [-0.2, -0.15) is 0 Å². The van der Waals surface area contributed by atoms with Gasteiger partial charge in [-0.05, 0) is 43.7 Å². The second-order valence-electron chi connectivity index (χ2n) is 5.64. The number of nitrogens with one attached hydrogen (secondary N) is 2. The largest absolute Gasteiger partial charge is 0.467 e. The highest BCUT2D eigenvalue weighted by atomic mass is 16.5. The van der Waals surface area contributed by atoms with Gasteiger partial charge in [-0.25, -0.2) is 0 Å². The molecule has 2 rings (SSSR count). The van der Waals surface area contributed by atoms with Crippen molar-refractivity contribution in [3.63, 3.8) is 0 Å². The number of methoxy groups -OCH3 is 1. The number of hydrogen-bond acceptors (Lipinski definition) is 4. The summed E-state index contributed by atoms with van der Waals surface area (Å²) in [5.41, 5.74) is 0.353. The Morgan fingerprint density at radius 3 is 2.95 bits per heavy atom. The molecule has 1 saturated carbocycles. The maximum Gasteiger partial charge on any atom is 0.237 e. The molecular weight excluding hydrogens is 256 g/mol. The molecule has 0 saturated heterocycles. The van der Waals surface area contributed by atoms with E-state index in [1.165, 1.54) is 12.8 Å². The van der Waals surface area contributed by atoms with Gasteiger partial charge in [0.15, 0.2) is 0 Å². The van der Waals surface area contributed by atoms with Gasteiger partial charge in [0, 0.05) is 20.3 Å². The first-order valence-corrected chi connectivity index (χ1v) is 7.18. The fourth-order valence-corrected chi connectivity index (χ4v) is 2.21. The molecule has 1 fully saturated rings. The minimum atomic E-state index is -0.190. The van der Waals surface area contributed by atoms with Crippen LogP contribution >= 0.6 is 0 Å². The zero-order valence-corrected chi connectivity index (χ0v) is 12.3. The van der Waals surface area contributed by atoms with E-state index < -0.39 is 0 Å². The molecule has 0 radical (unpaired) electrons. The summed E-state index contributed by atoms with van der Waals surface area (Å²) >= 11 is 0. The van der Waals surface area contributed by atoms with E-state index in [9.17, 15) is 4.79 Å². The molecule has 1 aromatic heterocycles. The summed E-state index contributed by atoms with van der Waals surface area (Å²) < 4.78 is 10.3. The molecule has 0 bridgehead atoms. The Hall–Kier alpha value is -1.33. The van der Waals surface area contributed by atoms with Gasteiger partial charge in [0.2, 0.25) is 5.91 Å². The van der Waals surface area contributed by atoms with Gasteiger partial charge >= 0.3 is 0 Å². The van der Waals surface area contributed by atoms with Crippen molar-refractivity contribution in [2.45, 2.75) is 38.8 Å². The molecule has 0 spiro atoms. The Morgan fingerprint density at radius 2 is 2.35 bits per heavy atom. The van der Waals surface area contributed by atoms with Crippen molar-refractivity contribution in [3.05, 3.63) is 24.2 Å². The van der Waals surface area contributed by atoms with Crippen LogP contribution in [-0.2, 0) is 16.1 Å². The number of amides is 1. The van der Waals surface area contributed by atoms with Crippen LogP contribution < -0.4 is 10.6 Å². The maximum atomic E-state index is 11.9. The molecule has 1 aliphatic rings. The fourth-order valence-electron chi connectivity index (χ4n) is 2.21. The third-order valence-corrected chi connectivity index (χ3v) is 3.99. The average molecular weight is 280 g/mol. The lowest BCUT2D eigenvalue weighted by molar-refractivity contribution is -0.123. The molecule has 5 nitrogen and oxygen atoms in total. The lowest BCUT2D eigenvalue weighted by atomic mass is 10.0. The summed E-state index contributed by atoms with van der Waals surface area (Å²) in [6, 6.07) is 3.47. The lowest BCUT2D eigenvalue weighted by Crippen LogP contribution is -2.44. The Labute approximate surface area is 120 Å². The van der Waals surface area contributed by atoms with Crippen LogP contribution in [0.1, 0.15) is 31.9 Å². The minimum Gasteiger partial charge on any atom is -0.467 e. The van der Waals surface area contributed by atoms with E-state index in [2.05, 4.69) is 10.6 Å². The van der Waals surface area contributed by atoms with E-state index in [0.717, 1.165) is 25.3 Å². The second-order valence-corrected chi connectivity index (χ2v) is 5.64. The van der Waals surface area contributed by atoms with E-state index >= 15 is 0 Å². The monoisotopic (exact) mass is 280 g/mol. The molecule has 112 valence electrons. The molecule has 0 aromatic carbocycles. The smallest absolute Gasteiger partial charge is 0.237 e. The highest BCUT2D eigenvalue weighted by molar-refractivity contribution is 5.81. The van der Waals surface area contributed by atoms with Gasteiger partial charge in [-0.3, -0.25) is 4.79 Å². The van der Waals surface area contributed by atoms with Crippen molar-refractivity contribution in [2.75, 3.05) is 20.3 Å². The van der Waals surface area contributed by atoms with E-state index in [-0.39, 0.29) is 11.9 Å². The number of rotatable bonds is 9. The molecular formula is C15H24N2O3. The summed E-state index contributed by atoms with van der Waals surface area (Å²) in [7, 11) is 1.73. The molecule has 20 heavy (non-hydrogen) atoms. The Morgan fingerprint density at radius 1 is 1.55 bits per heavy atom. The molecule has 5 heteroatoms. The predicted molar refractivity (Wildman–Crippen MR) is 76.2 cm³/mol. The third-order valence-electron chi connectivity index (χ3n) is 3.99. The van der Waals surface area contributed by atoms with Crippen LogP contribution in [0.2, 0.25) is 0 Å². The van der Waals surface area contributed by atoms with E-state index in [4.69, 9.17) is 9.15 Å². The van der Waals surface area contributed by atoms with Crippen LogP contribution in [0.15, 0.2) is 22.8 Å². The molecule has 1 atom stereocenters. The molecule has 1 aromatic rings. The maximum absolute atomic E-state index is 11.9. The molecule has 1 unspecified atom stereocenters. The van der Waals surface area contributed by atoms with E-state index in [0.29, 0.717) is 12.0 Å². The van der Waals surface area contributed by atoms with Gasteiger partial charge in [0.25, 0.3) is 0 Å². The van der Waals surface area contributed by atoms with Gasteiger partial charge in [0.05, 0.1) is 18.8 Å². The Bertz CT molecular complexity index is 413. The highest BCUT2D eigenvalue weighted by Crippen LogP contribution is 2.48. The number of carbonyl (C=O) groups is 1. The Kier molecular flexibility index (Phi) is 5.20.